The molecule has 8 nitrogen and oxygen atoms in total. The molecule has 0 aliphatic carbocycles. The van der Waals surface area contributed by atoms with Gasteiger partial charge in [0.2, 0.25) is 5.95 Å². The number of ether oxygens (including phenoxy) is 2. The first-order valence-corrected chi connectivity index (χ1v) is 8.47. The normalized spacial score (nSPS) is 18.8. The monoisotopic (exact) mass is 376 g/mol. The van der Waals surface area contributed by atoms with Gasteiger partial charge in [0.15, 0.2) is 0 Å². The summed E-state index contributed by atoms with van der Waals surface area (Å²) in [5.74, 6) is 0.531. The van der Waals surface area contributed by atoms with Crippen molar-refractivity contribution >= 4 is 17.9 Å². The molecule has 1 aliphatic rings. The molecule has 1 fully saturated rings. The number of halogens is 1. The van der Waals surface area contributed by atoms with Crippen LogP contribution >= 0.6 is 0 Å². The van der Waals surface area contributed by atoms with Crippen molar-refractivity contribution in [2.75, 3.05) is 23.9 Å². The van der Waals surface area contributed by atoms with Gasteiger partial charge in [0.25, 0.3) is 0 Å². The van der Waals surface area contributed by atoms with E-state index < -0.39 is 30.1 Å². The van der Waals surface area contributed by atoms with E-state index in [0.717, 1.165) is 0 Å². The van der Waals surface area contributed by atoms with E-state index in [0.29, 0.717) is 17.1 Å². The third kappa shape index (κ3) is 3.92. The smallest absolute Gasteiger partial charge is 0.416 e. The van der Waals surface area contributed by atoms with Crippen molar-refractivity contribution in [3.8, 4) is 5.75 Å². The predicted molar refractivity (Wildman–Crippen MR) is 96.3 cm³/mol. The number of carbonyl (C=O) groups is 1. The second-order valence-corrected chi connectivity index (χ2v) is 6.25. The van der Waals surface area contributed by atoms with Crippen molar-refractivity contribution in [2.45, 2.75) is 32.0 Å². The molecule has 0 bridgehead atoms. The number of aliphatic hydroxyl groups is 1. The van der Waals surface area contributed by atoms with Crippen molar-refractivity contribution in [1.29, 1.82) is 0 Å². The number of amides is 1. The summed E-state index contributed by atoms with van der Waals surface area (Å²) in [6.45, 7) is 3.43. The lowest BCUT2D eigenvalue weighted by molar-refractivity contribution is 0.142. The van der Waals surface area contributed by atoms with Crippen molar-refractivity contribution < 1.29 is 23.8 Å². The van der Waals surface area contributed by atoms with E-state index in [1.807, 2.05) is 0 Å². The third-order valence-electron chi connectivity index (χ3n) is 4.37. The quantitative estimate of drug-likeness (QED) is 0.799. The van der Waals surface area contributed by atoms with E-state index in [4.69, 9.17) is 9.47 Å². The average Bonchev–Trinajstić information content (AvgIpc) is 3.03. The van der Waals surface area contributed by atoms with Gasteiger partial charge in [0.1, 0.15) is 30.0 Å². The van der Waals surface area contributed by atoms with Gasteiger partial charge in [-0.05, 0) is 26.0 Å². The molecule has 27 heavy (non-hydrogen) atoms. The molecule has 2 heterocycles. The standard InChI is InChI=1S/C18H21FN4O4/c1-10(13-5-4-12(26-3)8-14(13)19)21-17-20-7-6-16(22-17)23-15(11(2)24)9-27-18(23)25/h4-8,10-11,15,24H,9H2,1-3H3,(H,20,21,22)/t10-,11+,15+/m0/s1. The van der Waals surface area contributed by atoms with Crippen LogP contribution in [0.3, 0.4) is 0 Å². The number of benzene rings is 1. The topological polar surface area (TPSA) is 96.8 Å². The third-order valence-corrected chi connectivity index (χ3v) is 4.37. The highest BCUT2D eigenvalue weighted by atomic mass is 19.1. The molecule has 2 N–H and O–H groups in total. The minimum absolute atomic E-state index is 0.0801. The number of cyclic esters (lactones) is 1. The van der Waals surface area contributed by atoms with E-state index in [1.54, 1.807) is 32.0 Å². The number of hydrogen-bond donors (Lipinski definition) is 2. The molecular formula is C18H21FN4O4. The zero-order chi connectivity index (χ0) is 19.6. The molecule has 1 aliphatic heterocycles. The highest BCUT2D eigenvalue weighted by molar-refractivity contribution is 5.89. The van der Waals surface area contributed by atoms with Gasteiger partial charge in [0, 0.05) is 17.8 Å². The number of rotatable bonds is 6. The lowest BCUT2D eigenvalue weighted by Gasteiger charge is -2.23. The van der Waals surface area contributed by atoms with Gasteiger partial charge in [-0.25, -0.2) is 14.2 Å². The first-order chi connectivity index (χ1) is 12.9. The summed E-state index contributed by atoms with van der Waals surface area (Å²) in [5.41, 5.74) is 0.423. The van der Waals surface area contributed by atoms with E-state index in [2.05, 4.69) is 15.3 Å². The Morgan fingerprint density at radius 2 is 2.19 bits per heavy atom. The number of nitrogens with one attached hydrogen (secondary N) is 1. The first kappa shape index (κ1) is 18.8. The Hall–Kier alpha value is -2.94. The number of methoxy groups -OCH3 is 1. The maximum absolute atomic E-state index is 14.2. The number of anilines is 2. The van der Waals surface area contributed by atoms with E-state index in [1.165, 1.54) is 24.3 Å². The Bertz CT molecular complexity index is 833. The highest BCUT2D eigenvalue weighted by Gasteiger charge is 2.38. The van der Waals surface area contributed by atoms with Gasteiger partial charge in [-0.1, -0.05) is 6.07 Å². The van der Waals surface area contributed by atoms with Crippen molar-refractivity contribution in [2.24, 2.45) is 0 Å². The molecule has 3 rings (SSSR count). The molecule has 0 unspecified atom stereocenters. The molecular weight excluding hydrogens is 355 g/mol. The molecule has 0 saturated carbocycles. The summed E-state index contributed by atoms with van der Waals surface area (Å²) in [7, 11) is 1.47. The van der Waals surface area contributed by atoms with Gasteiger partial charge >= 0.3 is 6.09 Å². The summed E-state index contributed by atoms with van der Waals surface area (Å²) >= 11 is 0. The molecule has 1 amide bonds. The van der Waals surface area contributed by atoms with Gasteiger partial charge in [0.05, 0.1) is 19.3 Å². The molecule has 3 atom stereocenters. The maximum Gasteiger partial charge on any atom is 0.416 e. The van der Waals surface area contributed by atoms with Crippen molar-refractivity contribution in [3.05, 3.63) is 41.8 Å². The van der Waals surface area contributed by atoms with Crippen molar-refractivity contribution in [1.82, 2.24) is 9.97 Å². The van der Waals surface area contributed by atoms with Crippen LogP contribution in [0.15, 0.2) is 30.5 Å². The van der Waals surface area contributed by atoms with Gasteiger partial charge in [-0.3, -0.25) is 4.90 Å². The van der Waals surface area contributed by atoms with Crippen LogP contribution in [0.25, 0.3) is 0 Å². The summed E-state index contributed by atoms with van der Waals surface area (Å²) in [5, 5.41) is 12.9. The largest absolute Gasteiger partial charge is 0.497 e. The molecule has 0 radical (unpaired) electrons. The Morgan fingerprint density at radius 3 is 2.85 bits per heavy atom. The molecule has 1 aromatic heterocycles. The van der Waals surface area contributed by atoms with Gasteiger partial charge in [-0.15, -0.1) is 0 Å². The average molecular weight is 376 g/mol. The maximum atomic E-state index is 14.2. The molecule has 9 heteroatoms. The molecule has 144 valence electrons. The number of nitrogens with zero attached hydrogens (tertiary/aromatic N) is 3. The zero-order valence-electron chi connectivity index (χ0n) is 15.2. The van der Waals surface area contributed by atoms with Crippen LogP contribution in [0.2, 0.25) is 0 Å². The predicted octanol–water partition coefficient (Wildman–Crippen LogP) is 2.50. The van der Waals surface area contributed by atoms with Crippen LogP contribution < -0.4 is 15.0 Å². The van der Waals surface area contributed by atoms with E-state index in [-0.39, 0.29) is 12.6 Å². The Balaban J connectivity index is 1.81. The SMILES string of the molecule is COc1ccc([C@H](C)Nc2nccc(N3C(=O)OC[C@@H]3[C@@H](C)O)n2)c(F)c1. The fourth-order valence-electron chi connectivity index (χ4n) is 2.86. The van der Waals surface area contributed by atoms with Gasteiger partial charge in [-0.2, -0.15) is 4.98 Å². The number of hydrogen-bond acceptors (Lipinski definition) is 7. The van der Waals surface area contributed by atoms with E-state index >= 15 is 0 Å². The summed E-state index contributed by atoms with van der Waals surface area (Å²) in [6.07, 6.45) is 0.113. The number of aromatic nitrogens is 2. The zero-order valence-corrected chi connectivity index (χ0v) is 15.2. The Labute approximate surface area is 155 Å². The van der Waals surface area contributed by atoms with Crippen LogP contribution in [0.1, 0.15) is 25.5 Å². The van der Waals surface area contributed by atoms with E-state index in [9.17, 15) is 14.3 Å². The lowest BCUT2D eigenvalue weighted by atomic mass is 10.1. The first-order valence-electron chi connectivity index (χ1n) is 8.47. The molecule has 0 spiro atoms. The minimum Gasteiger partial charge on any atom is -0.497 e. The Kier molecular flexibility index (Phi) is 5.41. The second-order valence-electron chi connectivity index (χ2n) is 6.25. The summed E-state index contributed by atoms with van der Waals surface area (Å²) in [4.78, 5) is 21.7. The second kappa shape index (κ2) is 7.75. The lowest BCUT2D eigenvalue weighted by Crippen LogP contribution is -2.41. The highest BCUT2D eigenvalue weighted by Crippen LogP contribution is 2.26. The molecule has 1 aromatic carbocycles. The number of carbonyl (C=O) groups excluding carboxylic acids is 1. The minimum atomic E-state index is -0.782. The summed E-state index contributed by atoms with van der Waals surface area (Å²) < 4.78 is 24.3. The number of aliphatic hydroxyl groups excluding tert-OH is 1. The van der Waals surface area contributed by atoms with Gasteiger partial charge < -0.3 is 19.9 Å². The van der Waals surface area contributed by atoms with Crippen LogP contribution in [0, 0.1) is 5.82 Å². The fourth-order valence-corrected chi connectivity index (χ4v) is 2.86. The Morgan fingerprint density at radius 1 is 1.41 bits per heavy atom. The fraction of sp³-hybridized carbons (Fsp3) is 0.389. The van der Waals surface area contributed by atoms with Crippen LogP contribution in [-0.4, -0.2) is 47.0 Å². The van der Waals surface area contributed by atoms with Crippen LogP contribution in [-0.2, 0) is 4.74 Å². The molecule has 1 saturated heterocycles. The molecule has 2 aromatic rings. The van der Waals surface area contributed by atoms with Crippen LogP contribution in [0.4, 0.5) is 21.0 Å². The summed E-state index contributed by atoms with van der Waals surface area (Å²) in [6, 6.07) is 5.18. The van der Waals surface area contributed by atoms with Crippen LogP contribution in [0.5, 0.6) is 5.75 Å². The van der Waals surface area contributed by atoms with Crippen molar-refractivity contribution in [3.63, 3.8) is 0 Å².